The molecule has 0 bridgehead atoms. The van der Waals surface area contributed by atoms with Crippen LogP contribution in [0, 0.1) is 11.8 Å². The van der Waals surface area contributed by atoms with Crippen LogP contribution in [0.4, 0.5) is 4.79 Å². The molecule has 0 unspecified atom stereocenters. The molecule has 14 heteroatoms. The fraction of sp³-hybridized carbons (Fsp3) is 0.500. The van der Waals surface area contributed by atoms with Crippen LogP contribution in [-0.2, 0) is 27.8 Å². The largest absolute Gasteiger partial charge is 0.411 e. The number of urea groups is 1. The van der Waals surface area contributed by atoms with Gasteiger partial charge in [-0.15, -0.1) is 11.3 Å². The normalized spacial score (nSPS) is 15.9. The Morgan fingerprint density at radius 2 is 1.72 bits per heavy atom. The number of carbonyl (C=O) groups is 2. The second-order valence-corrected chi connectivity index (χ2v) is 16.6. The van der Waals surface area contributed by atoms with E-state index in [4.69, 9.17) is 5.21 Å². The number of amides is 3. The quantitative estimate of drug-likeness (QED) is 0.103. The van der Waals surface area contributed by atoms with Crippen LogP contribution in [0.2, 0.25) is 0 Å². The lowest BCUT2D eigenvalue weighted by Gasteiger charge is -2.34. The van der Waals surface area contributed by atoms with Gasteiger partial charge >= 0.3 is 6.03 Å². The Hall–Kier alpha value is -3.85. The van der Waals surface area contributed by atoms with E-state index in [1.54, 1.807) is 21.1 Å². The number of oxime groups is 1. The lowest BCUT2D eigenvalue weighted by atomic mass is 9.97. The molecule has 1 fully saturated rings. The molecule has 3 aromatic rings. The summed E-state index contributed by atoms with van der Waals surface area (Å²) in [6.45, 7) is 12.7. The number of carbonyl (C=O) groups excluding carboxylic acids is 2. The standard InChI is InChI=1S/C36H50N6O6S2/c1-24(2)20-41(50(47,48)30-14-12-28(13-15-30)19-37-46)22-32(43)31(18-27-10-8-7-9-11-27)39-34(44)33(25(3)4)42-17-16-40(36(42)45)21-29-23-49-35(38-29)26(5)6/h7-15,19,23-26,31-33,43,46H,16-18,20-22H2,1-6H3,(H,39,44)/t31-,32-,33-/m0/s1. The Labute approximate surface area is 299 Å². The van der Waals surface area contributed by atoms with Crippen LogP contribution < -0.4 is 5.32 Å². The second kappa shape index (κ2) is 17.4. The van der Waals surface area contributed by atoms with Crippen LogP contribution in [0.25, 0.3) is 0 Å². The van der Waals surface area contributed by atoms with Crippen molar-refractivity contribution < 1.29 is 28.3 Å². The Morgan fingerprint density at radius 3 is 2.30 bits per heavy atom. The summed E-state index contributed by atoms with van der Waals surface area (Å²) in [5.74, 6) is -0.414. The van der Waals surface area contributed by atoms with Crippen molar-refractivity contribution in [2.75, 3.05) is 26.2 Å². The Balaban J connectivity index is 1.56. The van der Waals surface area contributed by atoms with Gasteiger partial charge in [0.2, 0.25) is 15.9 Å². The number of aliphatic hydroxyl groups excluding tert-OH is 1. The molecule has 2 aromatic carbocycles. The number of aliphatic hydroxyl groups is 1. The molecule has 3 atom stereocenters. The second-order valence-electron chi connectivity index (χ2n) is 13.8. The van der Waals surface area contributed by atoms with Gasteiger partial charge in [0.15, 0.2) is 0 Å². The molecule has 2 heterocycles. The van der Waals surface area contributed by atoms with Gasteiger partial charge in [-0.3, -0.25) is 4.79 Å². The molecule has 1 aliphatic heterocycles. The molecule has 3 N–H and O–H groups in total. The van der Waals surface area contributed by atoms with E-state index in [0.29, 0.717) is 31.1 Å². The third-order valence-electron chi connectivity index (χ3n) is 8.55. The molecule has 50 heavy (non-hydrogen) atoms. The van der Waals surface area contributed by atoms with Crippen LogP contribution >= 0.6 is 11.3 Å². The zero-order chi connectivity index (χ0) is 36.6. The number of sulfonamides is 1. The molecule has 0 aliphatic carbocycles. The molecule has 0 spiro atoms. The Bertz CT molecular complexity index is 1700. The highest BCUT2D eigenvalue weighted by atomic mass is 32.2. The van der Waals surface area contributed by atoms with Crippen LogP contribution in [-0.4, -0.2) is 100 Å². The summed E-state index contributed by atoms with van der Waals surface area (Å²) < 4.78 is 29.0. The van der Waals surface area contributed by atoms with Gasteiger partial charge in [0, 0.05) is 37.5 Å². The molecule has 4 rings (SSSR count). The SMILES string of the molecule is CC(C)CN(C[C@H](O)[C@H](Cc1ccccc1)NC(=O)[C@H](C(C)C)N1CCN(Cc2csc(C(C)C)n2)C1=O)S(=O)(=O)c1ccc(C=NO)cc1. The third-order valence-corrected chi connectivity index (χ3v) is 11.6. The van der Waals surface area contributed by atoms with Gasteiger partial charge in [0.05, 0.1) is 40.5 Å². The summed E-state index contributed by atoms with van der Waals surface area (Å²) in [6.07, 6.45) is 0.154. The number of benzene rings is 2. The van der Waals surface area contributed by atoms with E-state index in [1.807, 2.05) is 63.4 Å². The third kappa shape index (κ3) is 9.89. The number of nitrogens with one attached hydrogen (secondary N) is 1. The molecular formula is C36H50N6O6S2. The minimum Gasteiger partial charge on any atom is -0.411 e. The first-order valence-corrected chi connectivity index (χ1v) is 19.3. The molecule has 1 aliphatic rings. The molecule has 12 nitrogen and oxygen atoms in total. The van der Waals surface area contributed by atoms with Crippen molar-refractivity contribution in [1.82, 2.24) is 24.4 Å². The minimum atomic E-state index is -4.05. The van der Waals surface area contributed by atoms with Gasteiger partial charge in [0.1, 0.15) is 6.04 Å². The van der Waals surface area contributed by atoms with Crippen LogP contribution in [0.5, 0.6) is 0 Å². The number of thiazole rings is 1. The summed E-state index contributed by atoms with van der Waals surface area (Å²) in [7, 11) is -4.05. The number of hydrogen-bond donors (Lipinski definition) is 3. The molecule has 3 amide bonds. The zero-order valence-electron chi connectivity index (χ0n) is 29.6. The van der Waals surface area contributed by atoms with E-state index < -0.39 is 34.1 Å². The van der Waals surface area contributed by atoms with E-state index in [-0.39, 0.29) is 42.3 Å². The average Bonchev–Trinajstić information content (AvgIpc) is 3.68. The van der Waals surface area contributed by atoms with Crippen LogP contribution in [0.1, 0.15) is 69.3 Å². The number of nitrogens with zero attached hydrogens (tertiary/aromatic N) is 5. The lowest BCUT2D eigenvalue weighted by Crippen LogP contribution is -2.57. The summed E-state index contributed by atoms with van der Waals surface area (Å²) in [4.78, 5) is 35.8. The minimum absolute atomic E-state index is 0.0270. The maximum atomic E-state index is 14.1. The Kier molecular flexibility index (Phi) is 13.5. The average molecular weight is 727 g/mol. The van der Waals surface area contributed by atoms with Crippen LogP contribution in [0.15, 0.2) is 70.0 Å². The van der Waals surface area contributed by atoms with Gasteiger partial charge in [-0.05, 0) is 41.5 Å². The van der Waals surface area contributed by atoms with E-state index in [9.17, 15) is 23.1 Å². The molecule has 272 valence electrons. The molecular weight excluding hydrogens is 677 g/mol. The topological polar surface area (TPSA) is 156 Å². The maximum absolute atomic E-state index is 14.1. The van der Waals surface area contributed by atoms with Crippen LogP contribution in [0.3, 0.4) is 0 Å². The summed E-state index contributed by atoms with van der Waals surface area (Å²) >= 11 is 1.57. The maximum Gasteiger partial charge on any atom is 0.321 e. The van der Waals surface area contributed by atoms with E-state index in [1.165, 1.54) is 34.8 Å². The predicted octanol–water partition coefficient (Wildman–Crippen LogP) is 4.77. The Morgan fingerprint density at radius 1 is 1.04 bits per heavy atom. The van der Waals surface area contributed by atoms with Crippen molar-refractivity contribution in [2.45, 2.75) is 83.5 Å². The highest BCUT2D eigenvalue weighted by molar-refractivity contribution is 7.89. The zero-order valence-corrected chi connectivity index (χ0v) is 31.3. The van der Waals surface area contributed by atoms with Gasteiger partial charge < -0.3 is 25.4 Å². The van der Waals surface area contributed by atoms with Crippen molar-refractivity contribution in [3.63, 3.8) is 0 Å². The first kappa shape index (κ1) is 38.9. The summed E-state index contributed by atoms with van der Waals surface area (Å²) in [5.41, 5.74) is 2.20. The summed E-state index contributed by atoms with van der Waals surface area (Å²) in [5, 5.41) is 29.6. The van der Waals surface area contributed by atoms with Crippen molar-refractivity contribution in [1.29, 1.82) is 0 Å². The van der Waals surface area contributed by atoms with Gasteiger partial charge in [-0.1, -0.05) is 89.2 Å². The van der Waals surface area contributed by atoms with Crippen molar-refractivity contribution >= 4 is 39.5 Å². The smallest absolute Gasteiger partial charge is 0.321 e. The summed E-state index contributed by atoms with van der Waals surface area (Å²) in [6, 6.07) is 13.4. The monoisotopic (exact) mass is 726 g/mol. The van der Waals surface area contributed by atoms with Gasteiger partial charge in [0.25, 0.3) is 0 Å². The van der Waals surface area contributed by atoms with E-state index >= 15 is 0 Å². The predicted molar refractivity (Wildman–Crippen MR) is 195 cm³/mol. The fourth-order valence-corrected chi connectivity index (χ4v) is 8.49. The molecule has 1 aromatic heterocycles. The number of hydrogen-bond acceptors (Lipinski definition) is 9. The van der Waals surface area contributed by atoms with E-state index in [0.717, 1.165) is 16.3 Å². The molecule has 1 saturated heterocycles. The lowest BCUT2D eigenvalue weighted by molar-refractivity contribution is -0.128. The first-order valence-electron chi connectivity index (χ1n) is 17.0. The van der Waals surface area contributed by atoms with Crippen molar-refractivity contribution in [3.05, 3.63) is 81.8 Å². The van der Waals surface area contributed by atoms with Crippen molar-refractivity contribution in [3.8, 4) is 0 Å². The van der Waals surface area contributed by atoms with Gasteiger partial charge in [-0.25, -0.2) is 18.2 Å². The first-order chi connectivity index (χ1) is 23.7. The van der Waals surface area contributed by atoms with Crippen molar-refractivity contribution in [2.24, 2.45) is 17.0 Å². The van der Waals surface area contributed by atoms with Gasteiger partial charge in [-0.2, -0.15) is 4.31 Å². The molecule has 0 saturated carbocycles. The highest BCUT2D eigenvalue weighted by Gasteiger charge is 2.40. The number of rotatable bonds is 17. The highest BCUT2D eigenvalue weighted by Crippen LogP contribution is 2.25. The number of aromatic nitrogens is 1. The fourth-order valence-electron chi connectivity index (χ4n) is 6.04. The molecule has 0 radical (unpaired) electrons. The van der Waals surface area contributed by atoms with E-state index in [2.05, 4.69) is 29.3 Å².